The number of halogens is 1. The van der Waals surface area contributed by atoms with Gasteiger partial charge in [0, 0.05) is 22.7 Å². The average molecular weight is 369 g/mol. The van der Waals surface area contributed by atoms with E-state index in [0.717, 1.165) is 36.9 Å². The lowest BCUT2D eigenvalue weighted by Gasteiger charge is -2.31. The summed E-state index contributed by atoms with van der Waals surface area (Å²) in [4.78, 5) is 16.6. The van der Waals surface area contributed by atoms with Crippen LogP contribution in [-0.2, 0) is 0 Å². The van der Waals surface area contributed by atoms with Crippen LogP contribution in [0.2, 0.25) is 5.02 Å². The van der Waals surface area contributed by atoms with Crippen molar-refractivity contribution in [3.8, 4) is 6.07 Å². The predicted octanol–water partition coefficient (Wildman–Crippen LogP) is 4.07. The average Bonchev–Trinajstić information content (AvgIpc) is 2.62. The first-order valence-corrected chi connectivity index (χ1v) is 9.12. The third-order valence-electron chi connectivity index (χ3n) is 4.56. The number of carbonyl (C=O) groups is 1. The molecule has 1 saturated carbocycles. The van der Waals surface area contributed by atoms with Crippen LogP contribution in [0.15, 0.2) is 36.5 Å². The number of anilines is 1. The Bertz CT molecular complexity index is 808. The molecule has 134 valence electrons. The summed E-state index contributed by atoms with van der Waals surface area (Å²) in [5, 5.41) is 16.0. The van der Waals surface area contributed by atoms with E-state index in [0.29, 0.717) is 16.3 Å². The molecular weight excluding hydrogens is 348 g/mol. The molecule has 1 fully saturated rings. The summed E-state index contributed by atoms with van der Waals surface area (Å²) in [6.07, 6.45) is 5.58. The summed E-state index contributed by atoms with van der Waals surface area (Å²) in [5.74, 6) is -0.0821. The lowest BCUT2D eigenvalue weighted by molar-refractivity contribution is 0.0926. The van der Waals surface area contributed by atoms with E-state index in [1.54, 1.807) is 18.3 Å². The van der Waals surface area contributed by atoms with Crippen molar-refractivity contribution in [1.82, 2.24) is 10.3 Å². The monoisotopic (exact) mass is 368 g/mol. The molecule has 6 heteroatoms. The van der Waals surface area contributed by atoms with Crippen LogP contribution >= 0.6 is 11.6 Å². The van der Waals surface area contributed by atoms with Crippen LogP contribution < -0.4 is 10.6 Å². The quantitative estimate of drug-likeness (QED) is 0.852. The molecule has 1 aliphatic rings. The maximum atomic E-state index is 12.5. The van der Waals surface area contributed by atoms with Crippen LogP contribution in [0.25, 0.3) is 0 Å². The van der Waals surface area contributed by atoms with Crippen molar-refractivity contribution in [2.75, 3.05) is 5.32 Å². The van der Waals surface area contributed by atoms with Gasteiger partial charge in [-0.2, -0.15) is 5.26 Å². The molecule has 1 amide bonds. The Morgan fingerprint density at radius 1 is 1.27 bits per heavy atom. The van der Waals surface area contributed by atoms with E-state index in [4.69, 9.17) is 16.9 Å². The molecule has 1 aromatic heterocycles. The molecule has 2 unspecified atom stereocenters. The van der Waals surface area contributed by atoms with Crippen LogP contribution in [0.1, 0.15) is 47.3 Å². The van der Waals surface area contributed by atoms with Gasteiger partial charge in [0.2, 0.25) is 0 Å². The first-order valence-electron chi connectivity index (χ1n) is 8.74. The number of aromatic nitrogens is 1. The highest BCUT2D eigenvalue weighted by atomic mass is 35.5. The van der Waals surface area contributed by atoms with Gasteiger partial charge >= 0.3 is 0 Å². The van der Waals surface area contributed by atoms with E-state index in [-0.39, 0.29) is 18.0 Å². The van der Waals surface area contributed by atoms with Gasteiger partial charge in [0.15, 0.2) is 0 Å². The maximum Gasteiger partial charge on any atom is 0.251 e. The van der Waals surface area contributed by atoms with Gasteiger partial charge in [0.25, 0.3) is 5.91 Å². The minimum atomic E-state index is -0.0821. The standard InChI is InChI=1S/C20H21ClN4O/c1-13-7-14(9-15(21)8-13)20(26)25-17-4-2-3-16(10-17)24-19-6-5-18(11-22)23-12-19/h5-9,12,16-17,24H,2-4,10H2,1H3,(H,25,26). The van der Waals surface area contributed by atoms with E-state index < -0.39 is 0 Å². The van der Waals surface area contributed by atoms with Crippen LogP contribution in [0.3, 0.4) is 0 Å². The minimum Gasteiger partial charge on any atom is -0.381 e. The van der Waals surface area contributed by atoms with E-state index in [9.17, 15) is 4.79 Å². The molecule has 0 aliphatic heterocycles. The molecule has 3 rings (SSSR count). The summed E-state index contributed by atoms with van der Waals surface area (Å²) < 4.78 is 0. The van der Waals surface area contributed by atoms with Crippen LogP contribution in [-0.4, -0.2) is 23.0 Å². The summed E-state index contributed by atoms with van der Waals surface area (Å²) in [7, 11) is 0. The van der Waals surface area contributed by atoms with Gasteiger partial charge in [-0.25, -0.2) is 4.98 Å². The molecule has 0 bridgehead atoms. The molecule has 1 aromatic carbocycles. The fraction of sp³-hybridized carbons (Fsp3) is 0.350. The molecule has 2 N–H and O–H groups in total. The maximum absolute atomic E-state index is 12.5. The number of pyridine rings is 1. The third-order valence-corrected chi connectivity index (χ3v) is 4.78. The van der Waals surface area contributed by atoms with E-state index in [2.05, 4.69) is 15.6 Å². The molecule has 1 heterocycles. The van der Waals surface area contributed by atoms with Gasteiger partial charge < -0.3 is 10.6 Å². The molecule has 2 atom stereocenters. The van der Waals surface area contributed by atoms with Crippen molar-refractivity contribution in [2.45, 2.75) is 44.7 Å². The zero-order valence-corrected chi connectivity index (χ0v) is 15.4. The predicted molar refractivity (Wildman–Crippen MR) is 102 cm³/mol. The highest BCUT2D eigenvalue weighted by molar-refractivity contribution is 6.31. The Labute approximate surface area is 158 Å². The van der Waals surface area contributed by atoms with Crippen molar-refractivity contribution in [1.29, 1.82) is 5.26 Å². The molecule has 26 heavy (non-hydrogen) atoms. The van der Waals surface area contributed by atoms with E-state index in [1.165, 1.54) is 0 Å². The highest BCUT2D eigenvalue weighted by Gasteiger charge is 2.24. The van der Waals surface area contributed by atoms with Crippen molar-refractivity contribution >= 4 is 23.2 Å². The first kappa shape index (κ1) is 18.2. The van der Waals surface area contributed by atoms with Crippen LogP contribution in [0.5, 0.6) is 0 Å². The number of carbonyl (C=O) groups excluding carboxylic acids is 1. The minimum absolute atomic E-state index is 0.0821. The van der Waals surface area contributed by atoms with Crippen molar-refractivity contribution in [2.24, 2.45) is 0 Å². The van der Waals surface area contributed by atoms with Gasteiger partial charge in [0.05, 0.1) is 11.9 Å². The van der Waals surface area contributed by atoms with Crippen molar-refractivity contribution in [3.63, 3.8) is 0 Å². The molecule has 1 aliphatic carbocycles. The lowest BCUT2D eigenvalue weighted by atomic mass is 9.90. The van der Waals surface area contributed by atoms with Gasteiger partial charge in [-0.05, 0) is 68.5 Å². The second kappa shape index (κ2) is 8.20. The first-order chi connectivity index (χ1) is 12.5. The topological polar surface area (TPSA) is 77.8 Å². The number of hydrogen-bond donors (Lipinski definition) is 2. The normalized spacial score (nSPS) is 19.4. The molecule has 0 radical (unpaired) electrons. The molecular formula is C20H21ClN4O. The van der Waals surface area contributed by atoms with Gasteiger partial charge in [-0.1, -0.05) is 11.6 Å². The van der Waals surface area contributed by atoms with Crippen LogP contribution in [0, 0.1) is 18.3 Å². The Hall–Kier alpha value is -2.58. The van der Waals surface area contributed by atoms with Gasteiger partial charge in [0.1, 0.15) is 11.8 Å². The Balaban J connectivity index is 1.59. The number of hydrogen-bond acceptors (Lipinski definition) is 4. The fourth-order valence-electron chi connectivity index (χ4n) is 3.37. The summed E-state index contributed by atoms with van der Waals surface area (Å²) in [6, 6.07) is 11.4. The number of amides is 1. The van der Waals surface area contributed by atoms with Gasteiger partial charge in [-0.3, -0.25) is 4.79 Å². The van der Waals surface area contributed by atoms with Crippen molar-refractivity contribution < 1.29 is 4.79 Å². The van der Waals surface area contributed by atoms with E-state index >= 15 is 0 Å². The van der Waals surface area contributed by atoms with Crippen LogP contribution in [0.4, 0.5) is 5.69 Å². The van der Waals surface area contributed by atoms with Gasteiger partial charge in [-0.15, -0.1) is 0 Å². The number of nitrogens with one attached hydrogen (secondary N) is 2. The molecule has 5 nitrogen and oxygen atoms in total. The highest BCUT2D eigenvalue weighted by Crippen LogP contribution is 2.23. The van der Waals surface area contributed by atoms with E-state index in [1.807, 2.05) is 31.2 Å². The fourth-order valence-corrected chi connectivity index (χ4v) is 3.66. The second-order valence-corrected chi connectivity index (χ2v) is 7.18. The number of benzene rings is 1. The Kier molecular flexibility index (Phi) is 5.75. The Morgan fingerprint density at radius 3 is 2.77 bits per heavy atom. The number of nitrogens with zero attached hydrogens (tertiary/aromatic N) is 2. The molecule has 0 spiro atoms. The third kappa shape index (κ3) is 4.74. The zero-order chi connectivity index (χ0) is 18.5. The smallest absolute Gasteiger partial charge is 0.251 e. The molecule has 0 saturated heterocycles. The Morgan fingerprint density at radius 2 is 2.08 bits per heavy atom. The summed E-state index contributed by atoms with van der Waals surface area (Å²) >= 11 is 6.06. The number of rotatable bonds is 4. The second-order valence-electron chi connectivity index (χ2n) is 6.74. The lowest BCUT2D eigenvalue weighted by Crippen LogP contribution is -2.41. The number of nitriles is 1. The summed E-state index contributed by atoms with van der Waals surface area (Å²) in [5.41, 5.74) is 2.87. The zero-order valence-electron chi connectivity index (χ0n) is 14.6. The summed E-state index contributed by atoms with van der Waals surface area (Å²) in [6.45, 7) is 1.93. The molecule has 2 aromatic rings. The number of aryl methyl sites for hydroxylation is 1. The van der Waals surface area contributed by atoms with Crippen molar-refractivity contribution in [3.05, 3.63) is 58.4 Å². The SMILES string of the molecule is Cc1cc(Cl)cc(C(=O)NC2CCCC(Nc3ccc(C#N)nc3)C2)c1. The largest absolute Gasteiger partial charge is 0.381 e.